The van der Waals surface area contributed by atoms with Crippen LogP contribution in [0.15, 0.2) is 6.20 Å². The Morgan fingerprint density at radius 2 is 2.33 bits per heavy atom. The molecule has 6 nitrogen and oxygen atoms in total. The second-order valence-corrected chi connectivity index (χ2v) is 6.49. The highest BCUT2D eigenvalue weighted by atomic mass is 16.5. The molecule has 21 heavy (non-hydrogen) atoms. The van der Waals surface area contributed by atoms with E-state index >= 15 is 0 Å². The minimum absolute atomic E-state index is 0.200. The average molecular weight is 294 g/mol. The van der Waals surface area contributed by atoms with Gasteiger partial charge < -0.3 is 15.4 Å². The Balaban J connectivity index is 1.92. The number of aromatic nitrogens is 2. The van der Waals surface area contributed by atoms with E-state index in [9.17, 15) is 4.79 Å². The minimum Gasteiger partial charge on any atom is -0.379 e. The number of nitrogens with one attached hydrogen (secondary N) is 2. The van der Waals surface area contributed by atoms with Gasteiger partial charge in [-0.1, -0.05) is 13.8 Å². The highest BCUT2D eigenvalue weighted by molar-refractivity contribution is 5.90. The van der Waals surface area contributed by atoms with Crippen LogP contribution in [-0.4, -0.2) is 34.6 Å². The summed E-state index contributed by atoms with van der Waals surface area (Å²) in [6, 6.07) is -0.200. The van der Waals surface area contributed by atoms with Gasteiger partial charge in [0.2, 0.25) is 0 Å². The van der Waals surface area contributed by atoms with E-state index in [-0.39, 0.29) is 11.6 Å². The van der Waals surface area contributed by atoms with Gasteiger partial charge in [0.15, 0.2) is 0 Å². The molecule has 0 unspecified atom stereocenters. The van der Waals surface area contributed by atoms with Crippen LogP contribution in [-0.2, 0) is 11.3 Å². The molecular formula is C15H26N4O2. The number of amides is 2. The Kier molecular flexibility index (Phi) is 4.88. The van der Waals surface area contributed by atoms with E-state index in [2.05, 4.69) is 29.6 Å². The van der Waals surface area contributed by atoms with Crippen molar-refractivity contribution in [2.45, 2.75) is 52.6 Å². The molecule has 1 atom stereocenters. The molecular weight excluding hydrogens is 268 g/mol. The van der Waals surface area contributed by atoms with Crippen LogP contribution in [0.3, 0.4) is 0 Å². The highest BCUT2D eigenvalue weighted by Crippen LogP contribution is 2.19. The molecule has 118 valence electrons. The SMILES string of the molecule is Cc1c(NC(=O)N[C@]2(C)CCOC2)cnn1CCC(C)C. The van der Waals surface area contributed by atoms with Crippen LogP contribution < -0.4 is 10.6 Å². The van der Waals surface area contributed by atoms with E-state index in [4.69, 9.17) is 4.74 Å². The van der Waals surface area contributed by atoms with E-state index < -0.39 is 0 Å². The van der Waals surface area contributed by atoms with Crippen molar-refractivity contribution in [1.82, 2.24) is 15.1 Å². The Morgan fingerprint density at radius 1 is 1.57 bits per heavy atom. The molecule has 1 aliphatic heterocycles. The van der Waals surface area contributed by atoms with Gasteiger partial charge in [0, 0.05) is 13.2 Å². The summed E-state index contributed by atoms with van der Waals surface area (Å²) in [6.45, 7) is 10.5. The van der Waals surface area contributed by atoms with Crippen molar-refractivity contribution >= 4 is 11.7 Å². The van der Waals surface area contributed by atoms with Gasteiger partial charge in [0.1, 0.15) is 0 Å². The molecule has 0 saturated carbocycles. The van der Waals surface area contributed by atoms with Crippen LogP contribution in [0, 0.1) is 12.8 Å². The number of carbonyl (C=O) groups excluding carboxylic acids is 1. The number of urea groups is 1. The van der Waals surface area contributed by atoms with Crippen molar-refractivity contribution in [3.05, 3.63) is 11.9 Å². The Hall–Kier alpha value is -1.56. The predicted octanol–water partition coefficient (Wildman–Crippen LogP) is 2.54. The number of ether oxygens (including phenoxy) is 1. The van der Waals surface area contributed by atoms with Crippen LogP contribution in [0.1, 0.15) is 39.3 Å². The molecule has 0 aliphatic carbocycles. The molecule has 1 aromatic rings. The fraction of sp³-hybridized carbons (Fsp3) is 0.733. The van der Waals surface area contributed by atoms with E-state index in [0.717, 1.165) is 30.8 Å². The molecule has 2 heterocycles. The van der Waals surface area contributed by atoms with Crippen molar-refractivity contribution in [1.29, 1.82) is 0 Å². The lowest BCUT2D eigenvalue weighted by Crippen LogP contribution is -2.48. The average Bonchev–Trinajstić information content (AvgIpc) is 2.95. The van der Waals surface area contributed by atoms with Crippen molar-refractivity contribution < 1.29 is 9.53 Å². The maximum atomic E-state index is 12.1. The zero-order chi connectivity index (χ0) is 15.5. The van der Waals surface area contributed by atoms with Crippen molar-refractivity contribution in [2.24, 2.45) is 5.92 Å². The zero-order valence-corrected chi connectivity index (χ0v) is 13.4. The third kappa shape index (κ3) is 4.20. The molecule has 2 N–H and O–H groups in total. The van der Waals surface area contributed by atoms with Crippen molar-refractivity contribution in [2.75, 3.05) is 18.5 Å². The standard InChI is InChI=1S/C15H26N4O2/c1-11(2)5-7-19-12(3)13(9-16-19)17-14(20)18-15(4)6-8-21-10-15/h9,11H,5-8,10H2,1-4H3,(H2,17,18,20)/t15-/m1/s1. The summed E-state index contributed by atoms with van der Waals surface area (Å²) < 4.78 is 7.27. The molecule has 1 saturated heterocycles. The van der Waals surface area contributed by atoms with Gasteiger partial charge in [-0.15, -0.1) is 0 Å². The number of carbonyl (C=O) groups is 1. The quantitative estimate of drug-likeness (QED) is 0.877. The lowest BCUT2D eigenvalue weighted by atomic mass is 10.0. The molecule has 6 heteroatoms. The Labute approximate surface area is 126 Å². The fourth-order valence-corrected chi connectivity index (χ4v) is 2.37. The number of aryl methyl sites for hydroxylation is 1. The summed E-state index contributed by atoms with van der Waals surface area (Å²) >= 11 is 0. The molecule has 1 aromatic heterocycles. The largest absolute Gasteiger partial charge is 0.379 e. The first-order chi connectivity index (χ1) is 9.89. The first kappa shape index (κ1) is 15.8. The number of hydrogen-bond acceptors (Lipinski definition) is 3. The van der Waals surface area contributed by atoms with E-state index in [1.807, 2.05) is 18.5 Å². The number of anilines is 1. The van der Waals surface area contributed by atoms with Gasteiger partial charge in [-0.2, -0.15) is 5.10 Å². The monoisotopic (exact) mass is 294 g/mol. The van der Waals surface area contributed by atoms with Crippen LogP contribution in [0.5, 0.6) is 0 Å². The van der Waals surface area contributed by atoms with E-state index in [0.29, 0.717) is 19.1 Å². The smallest absolute Gasteiger partial charge is 0.319 e. The molecule has 1 fully saturated rings. The van der Waals surface area contributed by atoms with Crippen LogP contribution >= 0.6 is 0 Å². The van der Waals surface area contributed by atoms with Crippen molar-refractivity contribution in [3.8, 4) is 0 Å². The third-order valence-corrected chi connectivity index (χ3v) is 3.90. The summed E-state index contributed by atoms with van der Waals surface area (Å²) in [5.74, 6) is 0.635. The van der Waals surface area contributed by atoms with E-state index in [1.54, 1.807) is 6.20 Å². The summed E-state index contributed by atoms with van der Waals surface area (Å²) in [5, 5.41) is 10.2. The molecule has 0 bridgehead atoms. The second kappa shape index (κ2) is 6.47. The second-order valence-electron chi connectivity index (χ2n) is 6.49. The van der Waals surface area contributed by atoms with E-state index in [1.165, 1.54) is 0 Å². The van der Waals surface area contributed by atoms with Crippen LogP contribution in [0.4, 0.5) is 10.5 Å². The summed E-state index contributed by atoms with van der Waals surface area (Å²) in [6.07, 6.45) is 3.62. The molecule has 1 aliphatic rings. The van der Waals surface area contributed by atoms with Gasteiger partial charge in [-0.05, 0) is 32.6 Å². The third-order valence-electron chi connectivity index (χ3n) is 3.90. The first-order valence-corrected chi connectivity index (χ1v) is 7.59. The predicted molar refractivity (Wildman–Crippen MR) is 82.4 cm³/mol. The number of hydrogen-bond donors (Lipinski definition) is 2. The van der Waals surface area contributed by atoms with Gasteiger partial charge in [-0.25, -0.2) is 4.79 Å². The fourth-order valence-electron chi connectivity index (χ4n) is 2.37. The van der Waals surface area contributed by atoms with Crippen LogP contribution in [0.25, 0.3) is 0 Å². The summed E-state index contributed by atoms with van der Waals surface area (Å²) in [4.78, 5) is 12.1. The van der Waals surface area contributed by atoms with Crippen molar-refractivity contribution in [3.63, 3.8) is 0 Å². The Bertz CT molecular complexity index is 490. The molecule has 0 spiro atoms. The normalized spacial score (nSPS) is 21.8. The van der Waals surface area contributed by atoms with Crippen LogP contribution in [0.2, 0.25) is 0 Å². The van der Waals surface area contributed by atoms with Gasteiger partial charge in [-0.3, -0.25) is 4.68 Å². The molecule has 2 rings (SSSR count). The zero-order valence-electron chi connectivity index (χ0n) is 13.4. The Morgan fingerprint density at radius 3 is 2.95 bits per heavy atom. The molecule has 0 radical (unpaired) electrons. The first-order valence-electron chi connectivity index (χ1n) is 7.59. The maximum absolute atomic E-state index is 12.1. The van der Waals surface area contributed by atoms with Gasteiger partial charge in [0.25, 0.3) is 0 Å². The maximum Gasteiger partial charge on any atom is 0.319 e. The van der Waals surface area contributed by atoms with Gasteiger partial charge >= 0.3 is 6.03 Å². The topological polar surface area (TPSA) is 68.2 Å². The number of nitrogens with zero attached hydrogens (tertiary/aromatic N) is 2. The number of rotatable bonds is 5. The summed E-state index contributed by atoms with van der Waals surface area (Å²) in [5.41, 5.74) is 1.48. The minimum atomic E-state index is -0.272. The van der Waals surface area contributed by atoms with Gasteiger partial charge in [0.05, 0.1) is 29.7 Å². The molecule has 2 amide bonds. The lowest BCUT2D eigenvalue weighted by Gasteiger charge is -2.23. The summed E-state index contributed by atoms with van der Waals surface area (Å²) in [7, 11) is 0. The lowest BCUT2D eigenvalue weighted by molar-refractivity contribution is 0.172. The molecule has 0 aromatic carbocycles. The highest BCUT2D eigenvalue weighted by Gasteiger charge is 2.31.